The molecule has 3 aliphatic heterocycles. The number of likely N-dealkylation sites (N-methyl/N-ethyl adjacent to an activating group) is 2. The first-order chi connectivity index (χ1) is 64.3. The van der Waals surface area contributed by atoms with Crippen LogP contribution in [0.1, 0.15) is 117 Å². The smallest absolute Gasteiger partial charge is 0.410 e. The van der Waals surface area contributed by atoms with Gasteiger partial charge in [-0.15, -0.1) is 0 Å². The Morgan fingerprint density at radius 3 is 1.63 bits per heavy atom. The number of hydrogen-bond donors (Lipinski definition) is 10. The zero-order chi connectivity index (χ0) is 98.5. The van der Waals surface area contributed by atoms with E-state index in [-0.39, 0.29) is 124 Å². The Labute approximate surface area is 795 Å². The number of aliphatic carboxylic acids is 1. The van der Waals surface area contributed by atoms with Crippen LogP contribution in [0.3, 0.4) is 0 Å². The van der Waals surface area contributed by atoms with Crippen LogP contribution in [0.25, 0.3) is 0 Å². The summed E-state index contributed by atoms with van der Waals surface area (Å²) in [4.78, 5) is 142. The molecule has 0 aliphatic carbocycles. The molecular formula is C91H150BrN9O33. The molecule has 3 heterocycles. The van der Waals surface area contributed by atoms with Crippen LogP contribution in [-0.2, 0) is 137 Å². The maximum atomic E-state index is 15.0. The summed E-state index contributed by atoms with van der Waals surface area (Å²) >= 11 is 3.12. The van der Waals surface area contributed by atoms with Gasteiger partial charge in [-0.25, -0.2) is 9.59 Å². The van der Waals surface area contributed by atoms with Crippen LogP contribution in [0.5, 0.6) is 5.75 Å². The van der Waals surface area contributed by atoms with Crippen LogP contribution in [0.15, 0.2) is 48.5 Å². The predicted molar refractivity (Wildman–Crippen MR) is 487 cm³/mol. The molecule has 0 saturated carbocycles. The Hall–Kier alpha value is -7.58. The molecule has 0 aromatic heterocycles. The molecule has 43 heteroatoms. The molecule has 134 heavy (non-hydrogen) atoms. The van der Waals surface area contributed by atoms with Crippen molar-refractivity contribution in [3.8, 4) is 5.75 Å². The number of rotatable bonds is 72. The van der Waals surface area contributed by atoms with Gasteiger partial charge in [-0.1, -0.05) is 107 Å². The molecule has 0 unspecified atom stereocenters. The third kappa shape index (κ3) is 41.2. The molecule has 2 aromatic rings. The van der Waals surface area contributed by atoms with Crippen molar-refractivity contribution in [3.63, 3.8) is 0 Å². The fourth-order valence-electron chi connectivity index (χ4n) is 15.2. The van der Waals surface area contributed by atoms with Gasteiger partial charge in [0.1, 0.15) is 55.0 Å². The molecule has 3 fully saturated rings. The first-order valence-electron chi connectivity index (χ1n) is 46.0. The third-order valence-corrected chi connectivity index (χ3v) is 23.4. The van der Waals surface area contributed by atoms with Gasteiger partial charge >= 0.3 is 12.1 Å². The van der Waals surface area contributed by atoms with Crippen molar-refractivity contribution in [2.75, 3.05) is 232 Å². The minimum absolute atomic E-state index is 0.0134. The molecule has 764 valence electrons. The molecule has 3 aliphatic rings. The molecule has 10 N–H and O–H groups in total. The lowest BCUT2D eigenvalue weighted by Crippen LogP contribution is -2.69. The first kappa shape index (κ1) is 117. The highest BCUT2D eigenvalue weighted by Gasteiger charge is 2.50. The number of aliphatic hydroxyl groups is 4. The number of alkyl halides is 1. The monoisotopic (exact) mass is 1980 g/mol. The zero-order valence-corrected chi connectivity index (χ0v) is 81.7. The predicted octanol–water partition coefficient (Wildman–Crippen LogP) is 1.30. The minimum atomic E-state index is -2.05. The van der Waals surface area contributed by atoms with E-state index in [1.807, 2.05) is 19.9 Å². The summed E-state index contributed by atoms with van der Waals surface area (Å²) in [5, 5.41) is 66.7. The number of nitrogens with one attached hydrogen (secondary N) is 5. The maximum Gasteiger partial charge on any atom is 0.410 e. The van der Waals surface area contributed by atoms with E-state index >= 15 is 0 Å². The number of aliphatic hydroxyl groups excluding tert-OH is 4. The van der Waals surface area contributed by atoms with Crippen LogP contribution in [-0.4, -0.2) is 415 Å². The number of carboxylic acids is 1. The molecule has 3 saturated heterocycles. The van der Waals surface area contributed by atoms with Gasteiger partial charge < -0.3 is 152 Å². The van der Waals surface area contributed by atoms with Crippen LogP contribution < -0.4 is 31.3 Å². The molecule has 5 rings (SSSR count). The van der Waals surface area contributed by atoms with Crippen molar-refractivity contribution in [1.29, 1.82) is 0 Å². The Balaban J connectivity index is 1.04. The number of halogens is 1. The van der Waals surface area contributed by atoms with Crippen molar-refractivity contribution in [2.45, 2.75) is 192 Å². The van der Waals surface area contributed by atoms with Gasteiger partial charge in [-0.2, -0.15) is 0 Å². The second kappa shape index (κ2) is 65.3. The van der Waals surface area contributed by atoms with Gasteiger partial charge in [0.15, 0.2) is 6.10 Å². The van der Waals surface area contributed by atoms with E-state index < -0.39 is 151 Å². The number of likely N-dealkylation sites (tertiary alicyclic amines) is 2. The lowest BCUT2D eigenvalue weighted by Gasteiger charge is -2.49. The number of benzene rings is 2. The van der Waals surface area contributed by atoms with Crippen molar-refractivity contribution in [2.24, 2.45) is 23.7 Å². The fraction of sp³-hybridized carbons (Fsp3) is 0.758. The average molecular weight is 1980 g/mol. The van der Waals surface area contributed by atoms with Gasteiger partial charge in [-0.05, 0) is 60.8 Å². The van der Waals surface area contributed by atoms with Gasteiger partial charge in [0, 0.05) is 67.0 Å². The second-order valence-corrected chi connectivity index (χ2v) is 34.2. The van der Waals surface area contributed by atoms with Gasteiger partial charge in [-0.3, -0.25) is 43.3 Å². The average Bonchev–Trinajstić information content (AvgIpc) is 0.902. The van der Waals surface area contributed by atoms with Crippen molar-refractivity contribution >= 4 is 75.2 Å². The summed E-state index contributed by atoms with van der Waals surface area (Å²) in [5.41, 5.74) is -0.0615. The van der Waals surface area contributed by atoms with Crippen LogP contribution >= 0.6 is 15.9 Å². The highest BCUT2D eigenvalue weighted by molar-refractivity contribution is 9.09. The minimum Gasteiger partial charge on any atom is -0.479 e. The fourth-order valence-corrected chi connectivity index (χ4v) is 15.4. The summed E-state index contributed by atoms with van der Waals surface area (Å²) in [5.74, 6) is -7.46. The number of amides is 9. The number of carbonyl (C=O) groups excluding carboxylic acids is 9. The van der Waals surface area contributed by atoms with E-state index in [0.29, 0.717) is 164 Å². The first-order valence-corrected chi connectivity index (χ1v) is 47.1. The lowest BCUT2D eigenvalue weighted by atomic mass is 9.89. The third-order valence-electron chi connectivity index (χ3n) is 22.9. The van der Waals surface area contributed by atoms with E-state index in [4.69, 9.17) is 85.3 Å². The largest absolute Gasteiger partial charge is 0.479 e. The molecule has 15 atom stereocenters. The highest BCUT2D eigenvalue weighted by atomic mass is 79.9. The number of nitrogens with zero attached hydrogens (tertiary/aromatic N) is 4. The van der Waals surface area contributed by atoms with Crippen molar-refractivity contribution in [3.05, 3.63) is 65.2 Å². The summed E-state index contributed by atoms with van der Waals surface area (Å²) < 4.78 is 101. The Morgan fingerprint density at radius 1 is 0.597 bits per heavy atom. The van der Waals surface area contributed by atoms with Crippen molar-refractivity contribution in [1.82, 2.24) is 46.2 Å². The summed E-state index contributed by atoms with van der Waals surface area (Å²) in [6, 6.07) is 9.02. The lowest BCUT2D eigenvalue weighted by molar-refractivity contribution is -0.271. The second-order valence-electron chi connectivity index (χ2n) is 33.6. The van der Waals surface area contributed by atoms with E-state index in [1.54, 1.807) is 84.9 Å². The number of carboxylic acid groups (broad SMARTS) is 1. The highest BCUT2D eigenvalue weighted by Crippen LogP contribution is 2.33. The molecule has 0 bridgehead atoms. The van der Waals surface area contributed by atoms with Crippen LogP contribution in [0, 0.1) is 23.7 Å². The maximum absolute atomic E-state index is 15.0. The van der Waals surface area contributed by atoms with Gasteiger partial charge in [0.2, 0.25) is 53.5 Å². The Morgan fingerprint density at radius 2 is 1.13 bits per heavy atom. The Kier molecular flexibility index (Phi) is 57.0. The van der Waals surface area contributed by atoms with Crippen LogP contribution in [0.4, 0.5) is 4.79 Å². The van der Waals surface area contributed by atoms with E-state index in [0.717, 1.165) is 4.90 Å². The molecule has 42 nitrogen and oxygen atoms in total. The molecule has 0 radical (unpaired) electrons. The van der Waals surface area contributed by atoms with E-state index in [9.17, 15) is 73.5 Å². The zero-order valence-electron chi connectivity index (χ0n) is 80.1. The SMILES string of the molecule is CC[C@H](C)[C@@H]([C@@H](CC(=O)N1CCC[C@H]1[C@H](OC)[C@@H](C)C(=O)N[C@H](C)[C@@H](O)c1ccccc1)OC)N(C)C(=O)[C@@H](NC(=O)[C@H](C(C)C)N(C)C(=O)OCc1ccc(O[C@@H]2O[C@H](C(=O)O)[C@@H](O)[C@H](O)[C@H]2O)c(CNC(=O)CCNC(=O)COC2(CNC(=O)CBr)CN(C(=O)CCOCCOCCOCCOCCOCCOCCOCCOCCOCCOCCOCCOC)C2)c1)C(C)C. The van der Waals surface area contributed by atoms with Gasteiger partial charge in [0.05, 0.1) is 232 Å². The molecule has 9 amide bonds. The van der Waals surface area contributed by atoms with Crippen LogP contribution in [0.2, 0.25) is 0 Å². The summed E-state index contributed by atoms with van der Waals surface area (Å²) in [7, 11) is 7.54. The summed E-state index contributed by atoms with van der Waals surface area (Å²) in [6.07, 6.45) is -12.1. The van der Waals surface area contributed by atoms with E-state index in [2.05, 4.69) is 42.5 Å². The van der Waals surface area contributed by atoms with Gasteiger partial charge in [0.25, 0.3) is 0 Å². The standard InChI is InChI=1S/C91H150BrN9O33/c1-14-62(6)78(70(118-12)52-75(106)101-27-18-21-68(101)83(119-13)63(7)85(111)96-64(8)79(107)66-19-16-15-17-20-66)98(9)87(113)76(60(2)3)97-86(112)77(61(4)5)99(10)90(116)131-55-65-22-23-69(133-89-82(110)80(108)81(109)84(134-89)88(114)115)67(51-65)54-94-71(102)24-26-93-73(104)56-132-91(57-95-72(103)53-92)58-100(59-91)74(105)25-28-120-31-32-122-35-36-124-39-40-126-43-44-128-47-48-130-50-49-129-46-45-127-42-41-125-38-37-123-34-33-121-30-29-117-11/h15-17,19-20,22-23,51,60-64,68,70,76-84,89,107-110H,14,18,21,24-50,52-59H2,1-13H3,(H,93,104)(H,94,102)(H,95,103)(H,96,111)(H,97,112)(H,114,115)/t62-,63+,64+,68-,70+,76-,77-,78-,79+,80-,81-,82+,83+,84-,89+/m0/s1. The van der Waals surface area contributed by atoms with Crippen molar-refractivity contribution < 1.29 is 159 Å². The molecule has 2 aromatic carbocycles. The number of ether oxygens (including phenoxy) is 18. The normalized spacial score (nSPS) is 19.1. The van der Waals surface area contributed by atoms with E-state index in [1.165, 1.54) is 49.3 Å². The number of hydrogen-bond acceptors (Lipinski definition) is 32. The Bertz CT molecular complexity index is 3740. The molecule has 0 spiro atoms. The number of carbonyl (C=O) groups is 10. The quantitative estimate of drug-likeness (QED) is 0.0329. The summed E-state index contributed by atoms with van der Waals surface area (Å²) in [6.45, 7) is 22.7. The topological polar surface area (TPSA) is 511 Å². The molecular weight excluding hydrogens is 1830 g/mol. The number of methoxy groups -OCH3 is 3.